The predicted molar refractivity (Wildman–Crippen MR) is 103 cm³/mol. The minimum Gasteiger partial charge on any atom is -0.492 e. The maximum Gasteiger partial charge on any atom is 0.231 e. The average molecular weight is 403 g/mol. The van der Waals surface area contributed by atoms with E-state index in [9.17, 15) is 9.59 Å². The topological polar surface area (TPSA) is 77.1 Å². The predicted octanol–water partition coefficient (Wildman–Crippen LogP) is 2.62. The molecule has 2 aliphatic rings. The van der Waals surface area contributed by atoms with Gasteiger partial charge in [-0.2, -0.15) is 0 Å². The van der Waals surface area contributed by atoms with E-state index >= 15 is 0 Å². The number of carbonyl (C=O) groups excluding carboxylic acids is 2. The Bertz CT molecular complexity index is 904. The Morgan fingerprint density at radius 1 is 1.21 bits per heavy atom. The van der Waals surface area contributed by atoms with Crippen LogP contribution in [0.15, 0.2) is 42.5 Å². The number of ether oxygens (including phenoxy) is 3. The zero-order valence-electron chi connectivity index (χ0n) is 15.0. The van der Waals surface area contributed by atoms with Crippen molar-refractivity contribution in [2.75, 3.05) is 31.4 Å². The van der Waals surface area contributed by atoms with Crippen molar-refractivity contribution in [3.63, 3.8) is 0 Å². The molecule has 8 heteroatoms. The molecule has 0 spiro atoms. The lowest BCUT2D eigenvalue weighted by molar-refractivity contribution is -0.126. The smallest absolute Gasteiger partial charge is 0.231 e. The molecule has 7 nitrogen and oxygen atoms in total. The molecule has 1 fully saturated rings. The highest BCUT2D eigenvalue weighted by Gasteiger charge is 2.35. The van der Waals surface area contributed by atoms with Gasteiger partial charge in [-0.1, -0.05) is 17.7 Å². The van der Waals surface area contributed by atoms with Crippen molar-refractivity contribution in [1.29, 1.82) is 0 Å². The van der Waals surface area contributed by atoms with Gasteiger partial charge in [0, 0.05) is 29.7 Å². The number of carbonyl (C=O) groups is 2. The van der Waals surface area contributed by atoms with Crippen molar-refractivity contribution in [1.82, 2.24) is 5.32 Å². The Kier molecular flexibility index (Phi) is 5.25. The van der Waals surface area contributed by atoms with Crippen LogP contribution in [0, 0.1) is 5.92 Å². The highest BCUT2D eigenvalue weighted by molar-refractivity contribution is 6.30. The molecule has 2 heterocycles. The SMILES string of the molecule is O=C(NCCOc1cccc(Cl)c1)[C@H]1CC(=O)N(c2ccc3c(c2)OCO3)C1. The number of rotatable bonds is 6. The van der Waals surface area contributed by atoms with E-state index < -0.39 is 5.92 Å². The van der Waals surface area contributed by atoms with Gasteiger partial charge in [-0.15, -0.1) is 0 Å². The molecule has 0 aromatic heterocycles. The third-order valence-corrected chi connectivity index (χ3v) is 4.86. The fourth-order valence-electron chi connectivity index (χ4n) is 3.23. The maximum atomic E-state index is 12.4. The van der Waals surface area contributed by atoms with Crippen LogP contribution in [0.5, 0.6) is 17.2 Å². The number of hydrogen-bond acceptors (Lipinski definition) is 5. The van der Waals surface area contributed by atoms with Gasteiger partial charge in [0.05, 0.1) is 12.5 Å². The average Bonchev–Trinajstić information content (AvgIpc) is 3.31. The van der Waals surface area contributed by atoms with Crippen molar-refractivity contribution < 1.29 is 23.8 Å². The Labute approximate surface area is 167 Å². The second kappa shape index (κ2) is 7.98. The third kappa shape index (κ3) is 3.99. The lowest BCUT2D eigenvalue weighted by Crippen LogP contribution is -2.35. The minimum atomic E-state index is -0.399. The summed E-state index contributed by atoms with van der Waals surface area (Å²) in [4.78, 5) is 26.4. The third-order valence-electron chi connectivity index (χ3n) is 4.63. The molecule has 2 aromatic rings. The van der Waals surface area contributed by atoms with E-state index in [4.69, 9.17) is 25.8 Å². The summed E-state index contributed by atoms with van der Waals surface area (Å²) in [5.74, 6) is 1.26. The molecule has 0 unspecified atom stereocenters. The second-order valence-corrected chi connectivity index (χ2v) is 6.98. The molecular formula is C20H19ClN2O5. The Morgan fingerprint density at radius 3 is 2.93 bits per heavy atom. The summed E-state index contributed by atoms with van der Waals surface area (Å²) < 4.78 is 16.2. The Hall–Kier alpha value is -2.93. The number of benzene rings is 2. The van der Waals surface area contributed by atoms with E-state index in [2.05, 4.69) is 5.32 Å². The van der Waals surface area contributed by atoms with Crippen molar-refractivity contribution in [3.05, 3.63) is 47.5 Å². The number of amides is 2. The first kappa shape index (κ1) is 18.4. The molecule has 0 aliphatic carbocycles. The van der Waals surface area contributed by atoms with Crippen LogP contribution in [0.3, 0.4) is 0 Å². The molecule has 2 aliphatic heterocycles. The van der Waals surface area contributed by atoms with Crippen LogP contribution in [-0.4, -0.2) is 38.3 Å². The lowest BCUT2D eigenvalue weighted by atomic mass is 10.1. The fraction of sp³-hybridized carbons (Fsp3) is 0.300. The van der Waals surface area contributed by atoms with Gasteiger partial charge in [-0.05, 0) is 30.3 Å². The van der Waals surface area contributed by atoms with Crippen molar-refractivity contribution in [2.45, 2.75) is 6.42 Å². The number of fused-ring (bicyclic) bond motifs is 1. The summed E-state index contributed by atoms with van der Waals surface area (Å²) in [6.45, 7) is 1.17. The summed E-state index contributed by atoms with van der Waals surface area (Å²) >= 11 is 5.90. The zero-order valence-corrected chi connectivity index (χ0v) is 15.8. The summed E-state index contributed by atoms with van der Waals surface area (Å²) in [5, 5.41) is 3.42. The number of anilines is 1. The second-order valence-electron chi connectivity index (χ2n) is 6.54. The molecule has 1 atom stereocenters. The van der Waals surface area contributed by atoms with Crippen molar-refractivity contribution in [2.24, 2.45) is 5.92 Å². The first-order valence-corrected chi connectivity index (χ1v) is 9.34. The highest BCUT2D eigenvalue weighted by Crippen LogP contribution is 2.37. The van der Waals surface area contributed by atoms with E-state index in [1.807, 2.05) is 0 Å². The standard InChI is InChI=1S/C20H19ClN2O5/c21-14-2-1-3-16(9-14)26-7-6-22-20(25)13-8-19(24)23(11-13)15-4-5-17-18(10-15)28-12-27-17/h1-5,9-10,13H,6-8,11-12H2,(H,22,25)/t13-/m0/s1. The van der Waals surface area contributed by atoms with Crippen LogP contribution in [0.2, 0.25) is 5.02 Å². The Morgan fingerprint density at radius 2 is 2.07 bits per heavy atom. The highest BCUT2D eigenvalue weighted by atomic mass is 35.5. The summed E-state index contributed by atoms with van der Waals surface area (Å²) in [6.07, 6.45) is 0.176. The van der Waals surface area contributed by atoms with Crippen LogP contribution in [-0.2, 0) is 9.59 Å². The van der Waals surface area contributed by atoms with Crippen LogP contribution in [0.4, 0.5) is 5.69 Å². The van der Waals surface area contributed by atoms with Crippen LogP contribution >= 0.6 is 11.6 Å². The van der Waals surface area contributed by atoms with Gasteiger partial charge in [0.15, 0.2) is 11.5 Å². The molecule has 2 amide bonds. The van der Waals surface area contributed by atoms with Crippen molar-refractivity contribution >= 4 is 29.1 Å². The van der Waals surface area contributed by atoms with E-state index in [-0.39, 0.29) is 25.0 Å². The van der Waals surface area contributed by atoms with Crippen LogP contribution in [0.1, 0.15) is 6.42 Å². The van der Waals surface area contributed by atoms with Crippen molar-refractivity contribution in [3.8, 4) is 17.2 Å². The van der Waals surface area contributed by atoms with Gasteiger partial charge in [0.25, 0.3) is 0 Å². The minimum absolute atomic E-state index is 0.0887. The molecule has 4 rings (SSSR count). The van der Waals surface area contributed by atoms with E-state index in [0.717, 1.165) is 0 Å². The molecule has 28 heavy (non-hydrogen) atoms. The lowest BCUT2D eigenvalue weighted by Gasteiger charge is -2.17. The maximum absolute atomic E-state index is 12.4. The number of halogens is 1. The fourth-order valence-corrected chi connectivity index (χ4v) is 3.41. The van der Waals surface area contributed by atoms with Gasteiger partial charge in [0.1, 0.15) is 12.4 Å². The molecule has 0 bridgehead atoms. The monoisotopic (exact) mass is 402 g/mol. The molecule has 0 saturated carbocycles. The zero-order chi connectivity index (χ0) is 19.5. The largest absolute Gasteiger partial charge is 0.492 e. The van der Waals surface area contributed by atoms with Gasteiger partial charge in [0.2, 0.25) is 18.6 Å². The van der Waals surface area contributed by atoms with Gasteiger partial charge < -0.3 is 24.4 Å². The molecule has 2 aromatic carbocycles. The summed E-state index contributed by atoms with van der Waals surface area (Å²) in [7, 11) is 0. The molecule has 1 N–H and O–H groups in total. The van der Waals surface area contributed by atoms with E-state index in [1.165, 1.54) is 0 Å². The van der Waals surface area contributed by atoms with Gasteiger partial charge in [-0.3, -0.25) is 9.59 Å². The van der Waals surface area contributed by atoms with E-state index in [0.29, 0.717) is 47.7 Å². The molecule has 1 saturated heterocycles. The van der Waals surface area contributed by atoms with E-state index in [1.54, 1.807) is 47.4 Å². The molecule has 146 valence electrons. The first-order chi connectivity index (χ1) is 13.6. The van der Waals surface area contributed by atoms with Gasteiger partial charge in [-0.25, -0.2) is 0 Å². The summed E-state index contributed by atoms with van der Waals surface area (Å²) in [5.41, 5.74) is 0.703. The quantitative estimate of drug-likeness (QED) is 0.751. The molecular weight excluding hydrogens is 384 g/mol. The van der Waals surface area contributed by atoms with Crippen LogP contribution in [0.25, 0.3) is 0 Å². The van der Waals surface area contributed by atoms with Crippen LogP contribution < -0.4 is 24.4 Å². The number of nitrogens with one attached hydrogen (secondary N) is 1. The number of hydrogen-bond donors (Lipinski definition) is 1. The van der Waals surface area contributed by atoms with Gasteiger partial charge >= 0.3 is 0 Å². The molecule has 0 radical (unpaired) electrons. The number of nitrogens with zero attached hydrogens (tertiary/aromatic N) is 1. The summed E-state index contributed by atoms with van der Waals surface area (Å²) in [6, 6.07) is 12.4. The Balaban J connectivity index is 1.28. The first-order valence-electron chi connectivity index (χ1n) is 8.96. The normalized spacial score (nSPS) is 17.7.